The Bertz CT molecular complexity index is 667. The average molecular weight is 381 g/mol. The number of ether oxygens (including phenoxy) is 1. The maximum atomic E-state index is 11.7. The Morgan fingerprint density at radius 3 is 2.95 bits per heavy atom. The summed E-state index contributed by atoms with van der Waals surface area (Å²) in [4.78, 5) is 19.7. The third-order valence-corrected chi connectivity index (χ3v) is 3.83. The van der Waals surface area contributed by atoms with Crippen molar-refractivity contribution in [1.82, 2.24) is 15.4 Å². The summed E-state index contributed by atoms with van der Waals surface area (Å²) in [6, 6.07) is 7.25. The number of hydrogen-bond acceptors (Lipinski definition) is 6. The summed E-state index contributed by atoms with van der Waals surface area (Å²) in [5.74, 6) is 0.632. The summed E-state index contributed by atoms with van der Waals surface area (Å²) in [7, 11) is 1.58. The molecule has 1 amide bonds. The lowest BCUT2D eigenvalue weighted by Crippen LogP contribution is -2.19. The van der Waals surface area contributed by atoms with E-state index in [1.165, 1.54) is 18.0 Å². The van der Waals surface area contributed by atoms with E-state index in [9.17, 15) is 4.79 Å². The predicted octanol–water partition coefficient (Wildman–Crippen LogP) is 2.49. The Kier molecular flexibility index (Phi) is 6.35. The van der Waals surface area contributed by atoms with Gasteiger partial charge >= 0.3 is 0 Å². The largest absolute Gasteiger partial charge is 0.496 e. The molecule has 0 radical (unpaired) electrons. The molecule has 0 saturated carbocycles. The SMILES string of the molecule is COc1ccc(Br)cc1/C=N/NC(=O)CSc1ncccn1. The Morgan fingerprint density at radius 1 is 1.45 bits per heavy atom. The Hall–Kier alpha value is -1.93. The first-order chi connectivity index (χ1) is 10.7. The van der Waals surface area contributed by atoms with Gasteiger partial charge in [-0.05, 0) is 24.3 Å². The second-order valence-corrected chi connectivity index (χ2v) is 5.86. The fourth-order valence-corrected chi connectivity index (χ4v) is 2.48. The maximum absolute atomic E-state index is 11.7. The lowest BCUT2D eigenvalue weighted by molar-refractivity contribution is -0.118. The number of hydrazone groups is 1. The molecule has 0 fully saturated rings. The number of nitrogens with one attached hydrogen (secondary N) is 1. The van der Waals surface area contributed by atoms with E-state index < -0.39 is 0 Å². The zero-order valence-electron chi connectivity index (χ0n) is 11.7. The molecule has 1 N–H and O–H groups in total. The minimum atomic E-state index is -0.234. The molecule has 2 rings (SSSR count). The van der Waals surface area contributed by atoms with Crippen LogP contribution in [0.3, 0.4) is 0 Å². The summed E-state index contributed by atoms with van der Waals surface area (Å²) in [6.07, 6.45) is 4.79. The second-order valence-electron chi connectivity index (χ2n) is 4.00. The van der Waals surface area contributed by atoms with Gasteiger partial charge in [0, 0.05) is 22.4 Å². The van der Waals surface area contributed by atoms with Crippen LogP contribution in [0.25, 0.3) is 0 Å². The Labute approximate surface area is 140 Å². The molecular weight excluding hydrogens is 368 g/mol. The molecule has 6 nitrogen and oxygen atoms in total. The highest BCUT2D eigenvalue weighted by atomic mass is 79.9. The van der Waals surface area contributed by atoms with Gasteiger partial charge < -0.3 is 4.74 Å². The van der Waals surface area contributed by atoms with E-state index in [1.807, 2.05) is 18.2 Å². The molecular formula is C14H13BrN4O2S. The topological polar surface area (TPSA) is 76.5 Å². The van der Waals surface area contributed by atoms with Crippen LogP contribution in [0.15, 0.2) is 51.4 Å². The number of hydrogen-bond donors (Lipinski definition) is 1. The fourth-order valence-electron chi connectivity index (χ4n) is 1.50. The number of thioether (sulfide) groups is 1. The number of methoxy groups -OCH3 is 1. The van der Waals surface area contributed by atoms with Crippen LogP contribution in [0, 0.1) is 0 Å². The number of nitrogens with zero attached hydrogens (tertiary/aromatic N) is 3. The van der Waals surface area contributed by atoms with Crippen LogP contribution in [-0.4, -0.2) is 35.0 Å². The van der Waals surface area contributed by atoms with Crippen molar-refractivity contribution in [2.75, 3.05) is 12.9 Å². The van der Waals surface area contributed by atoms with Crippen LogP contribution in [0.1, 0.15) is 5.56 Å². The van der Waals surface area contributed by atoms with Crippen LogP contribution in [0.5, 0.6) is 5.75 Å². The van der Waals surface area contributed by atoms with E-state index in [0.717, 1.165) is 10.0 Å². The molecule has 1 aromatic heterocycles. The van der Waals surface area contributed by atoms with E-state index in [4.69, 9.17) is 4.74 Å². The van der Waals surface area contributed by atoms with Gasteiger partial charge in [0.2, 0.25) is 0 Å². The Balaban J connectivity index is 1.87. The molecule has 1 aromatic carbocycles. The molecule has 1 heterocycles. The third-order valence-electron chi connectivity index (χ3n) is 2.46. The minimum absolute atomic E-state index is 0.191. The number of rotatable bonds is 6. The quantitative estimate of drug-likeness (QED) is 0.360. The first kappa shape index (κ1) is 16.4. The number of carbonyl (C=O) groups excluding carboxylic acids is 1. The number of aromatic nitrogens is 2. The van der Waals surface area contributed by atoms with Crippen LogP contribution in [-0.2, 0) is 4.79 Å². The molecule has 0 aliphatic rings. The summed E-state index contributed by atoms with van der Waals surface area (Å²) in [6.45, 7) is 0. The van der Waals surface area contributed by atoms with Crippen LogP contribution in [0.2, 0.25) is 0 Å². The summed E-state index contributed by atoms with van der Waals surface area (Å²) < 4.78 is 6.12. The van der Waals surface area contributed by atoms with Crippen molar-refractivity contribution in [2.24, 2.45) is 5.10 Å². The molecule has 0 unspecified atom stereocenters. The highest BCUT2D eigenvalue weighted by Gasteiger charge is 2.04. The highest BCUT2D eigenvalue weighted by Crippen LogP contribution is 2.21. The van der Waals surface area contributed by atoms with Crippen molar-refractivity contribution in [3.8, 4) is 5.75 Å². The maximum Gasteiger partial charge on any atom is 0.250 e. The Morgan fingerprint density at radius 2 is 2.23 bits per heavy atom. The normalized spacial score (nSPS) is 10.6. The zero-order chi connectivity index (χ0) is 15.8. The van der Waals surface area contributed by atoms with E-state index in [2.05, 4.69) is 36.4 Å². The molecule has 0 saturated heterocycles. The molecule has 2 aromatic rings. The summed E-state index contributed by atoms with van der Waals surface area (Å²) in [5.41, 5.74) is 3.22. The van der Waals surface area contributed by atoms with Gasteiger partial charge in [-0.25, -0.2) is 15.4 Å². The molecule has 0 atom stereocenters. The van der Waals surface area contributed by atoms with Gasteiger partial charge in [0.25, 0.3) is 5.91 Å². The zero-order valence-corrected chi connectivity index (χ0v) is 14.1. The molecule has 8 heteroatoms. The smallest absolute Gasteiger partial charge is 0.250 e. The van der Waals surface area contributed by atoms with Gasteiger partial charge in [-0.2, -0.15) is 5.10 Å². The second kappa shape index (κ2) is 8.50. The summed E-state index contributed by atoms with van der Waals surface area (Å²) in [5, 5.41) is 4.48. The van der Waals surface area contributed by atoms with Crippen molar-refractivity contribution in [2.45, 2.75) is 5.16 Å². The molecule has 0 spiro atoms. The monoisotopic (exact) mass is 380 g/mol. The van der Waals surface area contributed by atoms with Crippen LogP contribution in [0.4, 0.5) is 0 Å². The fraction of sp³-hybridized carbons (Fsp3) is 0.143. The highest BCUT2D eigenvalue weighted by molar-refractivity contribution is 9.10. The van der Waals surface area contributed by atoms with Crippen molar-refractivity contribution in [1.29, 1.82) is 0 Å². The minimum Gasteiger partial charge on any atom is -0.496 e. The van der Waals surface area contributed by atoms with Crippen LogP contribution < -0.4 is 10.2 Å². The number of carbonyl (C=O) groups is 1. The molecule has 114 valence electrons. The number of halogens is 1. The summed E-state index contributed by atoms with van der Waals surface area (Å²) >= 11 is 4.62. The van der Waals surface area contributed by atoms with Crippen molar-refractivity contribution in [3.63, 3.8) is 0 Å². The predicted molar refractivity (Wildman–Crippen MR) is 89.2 cm³/mol. The van der Waals surface area contributed by atoms with Gasteiger partial charge in [0.05, 0.1) is 19.1 Å². The number of benzene rings is 1. The van der Waals surface area contributed by atoms with Crippen LogP contribution >= 0.6 is 27.7 Å². The van der Waals surface area contributed by atoms with Gasteiger partial charge in [-0.1, -0.05) is 27.7 Å². The van der Waals surface area contributed by atoms with Gasteiger partial charge in [-0.15, -0.1) is 0 Å². The van der Waals surface area contributed by atoms with Crippen molar-refractivity contribution >= 4 is 39.8 Å². The molecule has 0 aliphatic carbocycles. The van der Waals surface area contributed by atoms with E-state index >= 15 is 0 Å². The van der Waals surface area contributed by atoms with E-state index in [0.29, 0.717) is 10.9 Å². The third kappa shape index (κ3) is 5.12. The number of amides is 1. The lowest BCUT2D eigenvalue weighted by atomic mass is 10.2. The average Bonchev–Trinajstić information content (AvgIpc) is 2.54. The lowest BCUT2D eigenvalue weighted by Gasteiger charge is -2.04. The van der Waals surface area contributed by atoms with Gasteiger partial charge in [-0.3, -0.25) is 4.79 Å². The van der Waals surface area contributed by atoms with Crippen molar-refractivity contribution in [3.05, 3.63) is 46.7 Å². The molecule has 22 heavy (non-hydrogen) atoms. The van der Waals surface area contributed by atoms with E-state index in [1.54, 1.807) is 25.6 Å². The van der Waals surface area contributed by atoms with Crippen molar-refractivity contribution < 1.29 is 9.53 Å². The molecule has 0 bridgehead atoms. The van der Waals surface area contributed by atoms with Gasteiger partial charge in [0.1, 0.15) is 5.75 Å². The van der Waals surface area contributed by atoms with Gasteiger partial charge in [0.15, 0.2) is 5.16 Å². The standard InChI is InChI=1S/C14H13BrN4O2S/c1-21-12-4-3-11(15)7-10(12)8-18-19-13(20)9-22-14-16-5-2-6-17-14/h2-8H,9H2,1H3,(H,19,20)/b18-8+. The first-order valence-electron chi connectivity index (χ1n) is 6.24. The van der Waals surface area contributed by atoms with E-state index in [-0.39, 0.29) is 11.7 Å². The first-order valence-corrected chi connectivity index (χ1v) is 8.02. The molecule has 0 aliphatic heterocycles.